The van der Waals surface area contributed by atoms with Crippen LogP contribution in [-0.4, -0.2) is 27.2 Å². The summed E-state index contributed by atoms with van der Waals surface area (Å²) >= 11 is 0.938. The van der Waals surface area contributed by atoms with E-state index in [2.05, 4.69) is 29.1 Å². The van der Waals surface area contributed by atoms with Crippen LogP contribution in [0, 0.1) is 11.8 Å². The highest BCUT2D eigenvalue weighted by molar-refractivity contribution is 8.00. The molecule has 4 atom stereocenters. The second kappa shape index (κ2) is 7.72. The minimum atomic E-state index is -4.52. The smallest absolute Gasteiger partial charge is 0.352 e. The zero-order chi connectivity index (χ0) is 17.9. The molecular weight excluding hydrogens is 339 g/mol. The average Bonchev–Trinajstić information content (AvgIpc) is 2.51. The summed E-state index contributed by atoms with van der Waals surface area (Å²) < 4.78 is 38.0. The maximum Gasteiger partial charge on any atom is 0.433 e. The molecule has 2 rings (SSSR count). The van der Waals surface area contributed by atoms with Crippen LogP contribution >= 0.6 is 11.8 Å². The molecule has 1 aromatic rings. The molecule has 24 heavy (non-hydrogen) atoms. The molecule has 1 fully saturated rings. The normalized spacial score (nSPS) is 26.0. The Labute approximate surface area is 144 Å². The Morgan fingerprint density at radius 2 is 2.08 bits per heavy atom. The Morgan fingerprint density at radius 3 is 2.75 bits per heavy atom. The molecule has 1 amide bonds. The predicted octanol–water partition coefficient (Wildman–Crippen LogP) is 3.92. The summed E-state index contributed by atoms with van der Waals surface area (Å²) in [5.41, 5.74) is -0.998. The first-order valence-corrected chi connectivity index (χ1v) is 8.93. The van der Waals surface area contributed by atoms with Gasteiger partial charge in [-0.25, -0.2) is 9.97 Å². The molecule has 1 aromatic heterocycles. The van der Waals surface area contributed by atoms with E-state index in [1.807, 2.05) is 0 Å². The van der Waals surface area contributed by atoms with E-state index in [9.17, 15) is 18.0 Å². The van der Waals surface area contributed by atoms with Crippen LogP contribution in [-0.2, 0) is 11.0 Å². The zero-order valence-electron chi connectivity index (χ0n) is 13.9. The average molecular weight is 361 g/mol. The first kappa shape index (κ1) is 19.0. The molecule has 0 spiro atoms. The lowest BCUT2D eigenvalue weighted by Crippen LogP contribution is -2.46. The first-order chi connectivity index (χ1) is 11.2. The number of thioether (sulfide) groups is 1. The van der Waals surface area contributed by atoms with Crippen molar-refractivity contribution in [1.82, 2.24) is 15.3 Å². The van der Waals surface area contributed by atoms with E-state index < -0.39 is 17.1 Å². The van der Waals surface area contributed by atoms with Gasteiger partial charge >= 0.3 is 6.18 Å². The third-order valence-corrected chi connectivity index (χ3v) is 5.58. The lowest BCUT2D eigenvalue weighted by Gasteiger charge is -2.35. The molecule has 134 valence electrons. The molecule has 0 unspecified atom stereocenters. The number of rotatable bonds is 4. The van der Waals surface area contributed by atoms with E-state index in [-0.39, 0.29) is 17.1 Å². The summed E-state index contributed by atoms with van der Waals surface area (Å²) in [7, 11) is 0. The summed E-state index contributed by atoms with van der Waals surface area (Å²) in [6.07, 6.45) is -0.273. The topological polar surface area (TPSA) is 54.9 Å². The van der Waals surface area contributed by atoms with Crippen LogP contribution in [0.4, 0.5) is 13.2 Å². The first-order valence-electron chi connectivity index (χ1n) is 8.05. The van der Waals surface area contributed by atoms with Crippen LogP contribution in [0.2, 0.25) is 0 Å². The molecular formula is C16H22F3N3OS. The van der Waals surface area contributed by atoms with E-state index in [4.69, 9.17) is 0 Å². The van der Waals surface area contributed by atoms with Crippen LogP contribution in [0.1, 0.15) is 45.7 Å². The zero-order valence-corrected chi connectivity index (χ0v) is 14.7. The number of amides is 1. The van der Waals surface area contributed by atoms with Crippen molar-refractivity contribution in [3.63, 3.8) is 0 Å². The second-order valence-corrected chi connectivity index (χ2v) is 7.67. The summed E-state index contributed by atoms with van der Waals surface area (Å²) in [6.45, 7) is 5.96. The maximum absolute atomic E-state index is 12.7. The second-order valence-electron chi connectivity index (χ2n) is 6.36. The largest absolute Gasteiger partial charge is 0.433 e. The van der Waals surface area contributed by atoms with Gasteiger partial charge in [-0.15, -0.1) is 0 Å². The Hall–Kier alpha value is -1.31. The highest BCUT2D eigenvalue weighted by Crippen LogP contribution is 2.31. The van der Waals surface area contributed by atoms with Crippen molar-refractivity contribution in [3.8, 4) is 0 Å². The quantitative estimate of drug-likeness (QED) is 0.652. The van der Waals surface area contributed by atoms with Crippen molar-refractivity contribution >= 4 is 17.7 Å². The Bertz CT molecular complexity index is 582. The SMILES string of the molecule is C[C@@H]1[C@@H](C)CCC[C@H]1NC(=O)[C@H](C)Sc1nccc(C(F)(F)F)n1. The van der Waals surface area contributed by atoms with Gasteiger partial charge in [-0.2, -0.15) is 13.2 Å². The standard InChI is InChI=1S/C16H22F3N3OS/c1-9-5-4-6-12(10(9)2)21-14(23)11(3)24-15-20-8-7-13(22-15)16(17,18)19/h7-12H,4-6H2,1-3H3,(H,21,23)/t9-,10+,11-,12+/m0/s1. The third-order valence-electron chi connectivity index (χ3n) is 4.61. The van der Waals surface area contributed by atoms with Gasteiger partial charge in [0.1, 0.15) is 5.69 Å². The maximum atomic E-state index is 12.7. The van der Waals surface area contributed by atoms with E-state index in [1.165, 1.54) is 0 Å². The number of carbonyl (C=O) groups is 1. The van der Waals surface area contributed by atoms with Crippen molar-refractivity contribution in [2.75, 3.05) is 0 Å². The minimum Gasteiger partial charge on any atom is -0.352 e. The lowest BCUT2D eigenvalue weighted by atomic mass is 9.78. The van der Waals surface area contributed by atoms with Gasteiger partial charge in [0, 0.05) is 12.2 Å². The molecule has 0 saturated heterocycles. The molecule has 4 nitrogen and oxygen atoms in total. The summed E-state index contributed by atoms with van der Waals surface area (Å²) in [5, 5.41) is 2.42. The molecule has 1 heterocycles. The van der Waals surface area contributed by atoms with Gasteiger partial charge in [0.25, 0.3) is 0 Å². The fourth-order valence-electron chi connectivity index (χ4n) is 2.85. The third kappa shape index (κ3) is 4.84. The predicted molar refractivity (Wildman–Crippen MR) is 86.5 cm³/mol. The molecule has 0 aromatic carbocycles. The van der Waals surface area contributed by atoms with Gasteiger partial charge in [-0.1, -0.05) is 38.5 Å². The molecule has 0 bridgehead atoms. The number of hydrogen-bond donors (Lipinski definition) is 1. The van der Waals surface area contributed by atoms with Gasteiger partial charge in [-0.3, -0.25) is 4.79 Å². The van der Waals surface area contributed by atoms with Gasteiger partial charge in [0.2, 0.25) is 5.91 Å². The van der Waals surface area contributed by atoms with Gasteiger partial charge in [-0.05, 0) is 31.2 Å². The summed E-state index contributed by atoms with van der Waals surface area (Å²) in [5.74, 6) is 0.760. The Kier molecular flexibility index (Phi) is 6.11. The molecule has 1 saturated carbocycles. The number of nitrogens with zero attached hydrogens (tertiary/aromatic N) is 2. The fourth-order valence-corrected chi connectivity index (χ4v) is 3.62. The minimum absolute atomic E-state index is 0.0439. The number of nitrogens with one attached hydrogen (secondary N) is 1. The van der Waals surface area contributed by atoms with Crippen molar-refractivity contribution in [2.45, 2.75) is 62.7 Å². The van der Waals surface area contributed by atoms with Crippen LogP contribution in [0.3, 0.4) is 0 Å². The molecule has 0 radical (unpaired) electrons. The number of carbonyl (C=O) groups excluding carboxylic acids is 1. The highest BCUT2D eigenvalue weighted by atomic mass is 32.2. The summed E-state index contributed by atoms with van der Waals surface area (Å²) in [6, 6.07) is 0.937. The Balaban J connectivity index is 1.97. The molecule has 0 aliphatic heterocycles. The van der Waals surface area contributed by atoms with Crippen LogP contribution in [0.15, 0.2) is 17.4 Å². The molecule has 1 aliphatic rings. The van der Waals surface area contributed by atoms with E-state index >= 15 is 0 Å². The summed E-state index contributed by atoms with van der Waals surface area (Å²) in [4.78, 5) is 19.6. The monoisotopic (exact) mass is 361 g/mol. The molecule has 1 aliphatic carbocycles. The van der Waals surface area contributed by atoms with Crippen LogP contribution in [0.5, 0.6) is 0 Å². The lowest BCUT2D eigenvalue weighted by molar-refractivity contribution is -0.141. The Morgan fingerprint density at radius 1 is 1.38 bits per heavy atom. The van der Waals surface area contributed by atoms with Crippen molar-refractivity contribution in [2.24, 2.45) is 11.8 Å². The number of hydrogen-bond acceptors (Lipinski definition) is 4. The number of alkyl halides is 3. The molecule has 1 N–H and O–H groups in total. The van der Waals surface area contributed by atoms with Crippen molar-refractivity contribution in [1.29, 1.82) is 0 Å². The van der Waals surface area contributed by atoms with E-state index in [0.717, 1.165) is 43.3 Å². The molecule has 8 heteroatoms. The van der Waals surface area contributed by atoms with E-state index in [0.29, 0.717) is 11.8 Å². The van der Waals surface area contributed by atoms with E-state index in [1.54, 1.807) is 6.92 Å². The highest BCUT2D eigenvalue weighted by Gasteiger charge is 2.33. The fraction of sp³-hybridized carbons (Fsp3) is 0.688. The van der Waals surface area contributed by atoms with Crippen LogP contribution < -0.4 is 5.32 Å². The van der Waals surface area contributed by atoms with Crippen LogP contribution in [0.25, 0.3) is 0 Å². The van der Waals surface area contributed by atoms with Crippen molar-refractivity contribution in [3.05, 3.63) is 18.0 Å². The van der Waals surface area contributed by atoms with Gasteiger partial charge in [0.15, 0.2) is 5.16 Å². The van der Waals surface area contributed by atoms with Gasteiger partial charge < -0.3 is 5.32 Å². The van der Waals surface area contributed by atoms with Crippen molar-refractivity contribution < 1.29 is 18.0 Å². The number of aromatic nitrogens is 2. The van der Waals surface area contributed by atoms with Gasteiger partial charge in [0.05, 0.1) is 5.25 Å². The number of halogens is 3.